The van der Waals surface area contributed by atoms with Crippen LogP contribution in [0.1, 0.15) is 11.1 Å². The summed E-state index contributed by atoms with van der Waals surface area (Å²) in [6, 6.07) is 2.08. The molecule has 2 aliphatic rings. The van der Waals surface area contributed by atoms with Gasteiger partial charge in [-0.05, 0) is 25.1 Å². The topological polar surface area (TPSA) is 30.9 Å². The third kappa shape index (κ3) is 1.91. The van der Waals surface area contributed by atoms with E-state index in [2.05, 4.69) is 18.0 Å². The molecule has 0 radical (unpaired) electrons. The molecule has 0 amide bonds. The molecule has 94 valence electrons. The summed E-state index contributed by atoms with van der Waals surface area (Å²) in [5.74, 6) is 2.42. The molecule has 0 saturated heterocycles. The van der Waals surface area contributed by atoms with Gasteiger partial charge in [0.1, 0.15) is 0 Å². The molecule has 1 aromatic carbocycles. The zero-order valence-corrected chi connectivity index (χ0v) is 10.8. The first kappa shape index (κ1) is 12.3. The van der Waals surface area contributed by atoms with Gasteiger partial charge in [0.25, 0.3) is 0 Å². The maximum absolute atomic E-state index is 5.56. The maximum atomic E-state index is 5.56. The predicted molar refractivity (Wildman–Crippen MR) is 66.4 cm³/mol. The number of hydrogen-bond donors (Lipinski definition) is 0. The number of halogens is 1. The van der Waals surface area contributed by atoms with Crippen molar-refractivity contribution in [1.82, 2.24) is 4.90 Å². The van der Waals surface area contributed by atoms with Crippen molar-refractivity contribution in [3.05, 3.63) is 17.2 Å². The smallest absolute Gasteiger partial charge is 0.231 e. The minimum absolute atomic E-state index is 0. The monoisotopic (exact) mass is 257 g/mol. The molecule has 5 heteroatoms. The lowest BCUT2D eigenvalue weighted by molar-refractivity contribution is 0.169. The van der Waals surface area contributed by atoms with Gasteiger partial charge in [-0.3, -0.25) is 0 Å². The number of methoxy groups -OCH3 is 1. The van der Waals surface area contributed by atoms with Crippen LogP contribution < -0.4 is 14.2 Å². The van der Waals surface area contributed by atoms with Crippen LogP contribution in [0.25, 0.3) is 0 Å². The Morgan fingerprint density at radius 2 is 2.06 bits per heavy atom. The third-order valence-corrected chi connectivity index (χ3v) is 3.21. The minimum Gasteiger partial charge on any atom is -0.493 e. The Morgan fingerprint density at radius 1 is 1.29 bits per heavy atom. The van der Waals surface area contributed by atoms with Crippen LogP contribution in [0.4, 0.5) is 0 Å². The Kier molecular flexibility index (Phi) is 3.35. The maximum Gasteiger partial charge on any atom is 0.231 e. The molecule has 0 fully saturated rings. The lowest BCUT2D eigenvalue weighted by Crippen LogP contribution is -2.26. The summed E-state index contributed by atoms with van der Waals surface area (Å²) in [4.78, 5) is 2.29. The Labute approximate surface area is 107 Å². The van der Waals surface area contributed by atoms with Gasteiger partial charge in [-0.1, -0.05) is 0 Å². The van der Waals surface area contributed by atoms with Crippen LogP contribution >= 0.6 is 12.4 Å². The van der Waals surface area contributed by atoms with Gasteiger partial charge in [-0.15, -0.1) is 12.4 Å². The van der Waals surface area contributed by atoms with E-state index in [4.69, 9.17) is 14.2 Å². The van der Waals surface area contributed by atoms with E-state index >= 15 is 0 Å². The highest BCUT2D eigenvalue weighted by atomic mass is 35.5. The Bertz CT molecular complexity index is 436. The summed E-state index contributed by atoms with van der Waals surface area (Å²) in [7, 11) is 3.79. The SMILES string of the molecule is COc1cc2c(c3c1OCO3)CN(C)CC2.Cl. The quantitative estimate of drug-likeness (QED) is 0.768. The molecular weight excluding hydrogens is 242 g/mol. The molecule has 0 aliphatic carbocycles. The van der Waals surface area contributed by atoms with Crippen LogP contribution in [0.2, 0.25) is 0 Å². The fourth-order valence-corrected chi connectivity index (χ4v) is 2.35. The largest absolute Gasteiger partial charge is 0.493 e. The van der Waals surface area contributed by atoms with E-state index in [9.17, 15) is 0 Å². The zero-order valence-electron chi connectivity index (χ0n) is 9.99. The Hall–Kier alpha value is -1.13. The first-order valence-corrected chi connectivity index (χ1v) is 5.46. The minimum atomic E-state index is 0. The van der Waals surface area contributed by atoms with Crippen LogP contribution in [0, 0.1) is 0 Å². The van der Waals surface area contributed by atoms with Gasteiger partial charge in [0.2, 0.25) is 12.5 Å². The van der Waals surface area contributed by atoms with E-state index < -0.39 is 0 Å². The number of rotatable bonds is 1. The molecule has 3 rings (SSSR count). The highest BCUT2D eigenvalue weighted by Crippen LogP contribution is 2.46. The molecule has 0 saturated carbocycles. The number of nitrogens with zero attached hydrogens (tertiary/aromatic N) is 1. The lowest BCUT2D eigenvalue weighted by atomic mass is 9.98. The van der Waals surface area contributed by atoms with Crippen molar-refractivity contribution in [2.24, 2.45) is 0 Å². The third-order valence-electron chi connectivity index (χ3n) is 3.21. The highest BCUT2D eigenvalue weighted by Gasteiger charge is 2.28. The van der Waals surface area contributed by atoms with Crippen LogP contribution in [-0.2, 0) is 13.0 Å². The second kappa shape index (κ2) is 4.63. The van der Waals surface area contributed by atoms with E-state index in [0.717, 1.165) is 36.8 Å². The molecule has 1 aromatic rings. The van der Waals surface area contributed by atoms with Crippen molar-refractivity contribution < 1.29 is 14.2 Å². The van der Waals surface area contributed by atoms with Gasteiger partial charge in [0, 0.05) is 18.7 Å². The molecule has 0 atom stereocenters. The highest BCUT2D eigenvalue weighted by molar-refractivity contribution is 5.85. The van der Waals surface area contributed by atoms with Gasteiger partial charge in [-0.2, -0.15) is 0 Å². The molecule has 0 N–H and O–H groups in total. The van der Waals surface area contributed by atoms with Crippen molar-refractivity contribution in [3.63, 3.8) is 0 Å². The van der Waals surface area contributed by atoms with Crippen molar-refractivity contribution >= 4 is 12.4 Å². The van der Waals surface area contributed by atoms with Gasteiger partial charge < -0.3 is 19.1 Å². The summed E-state index contributed by atoms with van der Waals surface area (Å²) in [5, 5.41) is 0. The standard InChI is InChI=1S/C12H15NO3.ClH/c1-13-4-3-8-5-10(14-2)12-11(9(8)6-13)15-7-16-12;/h5H,3-4,6-7H2,1-2H3;1H. The van der Waals surface area contributed by atoms with Crippen LogP contribution in [0.5, 0.6) is 17.2 Å². The van der Waals surface area contributed by atoms with Crippen molar-refractivity contribution in [3.8, 4) is 17.2 Å². The van der Waals surface area contributed by atoms with E-state index in [1.165, 1.54) is 11.1 Å². The molecule has 0 spiro atoms. The molecule has 2 aliphatic heterocycles. The predicted octanol–water partition coefficient (Wildman–Crippen LogP) is 1.83. The fraction of sp³-hybridized carbons (Fsp3) is 0.500. The summed E-state index contributed by atoms with van der Waals surface area (Å²) in [6.07, 6.45) is 1.04. The molecule has 4 nitrogen and oxygen atoms in total. The molecule has 2 heterocycles. The van der Waals surface area contributed by atoms with Crippen molar-refractivity contribution in [2.75, 3.05) is 27.5 Å². The van der Waals surface area contributed by atoms with Gasteiger partial charge in [0.15, 0.2) is 11.5 Å². The summed E-state index contributed by atoms with van der Waals surface area (Å²) in [5.41, 5.74) is 2.57. The molecular formula is C12H16ClNO3. The summed E-state index contributed by atoms with van der Waals surface area (Å²) < 4.78 is 16.3. The number of fused-ring (bicyclic) bond motifs is 3. The van der Waals surface area contributed by atoms with E-state index in [1.807, 2.05) is 0 Å². The summed E-state index contributed by atoms with van der Waals surface area (Å²) in [6.45, 7) is 2.30. The first-order valence-electron chi connectivity index (χ1n) is 5.46. The van der Waals surface area contributed by atoms with Crippen LogP contribution in [-0.4, -0.2) is 32.4 Å². The lowest BCUT2D eigenvalue weighted by Gasteiger charge is -2.26. The van der Waals surface area contributed by atoms with E-state index in [0.29, 0.717) is 6.79 Å². The second-order valence-corrected chi connectivity index (χ2v) is 4.27. The summed E-state index contributed by atoms with van der Waals surface area (Å²) >= 11 is 0. The average molecular weight is 258 g/mol. The average Bonchev–Trinajstić information content (AvgIpc) is 2.77. The number of likely N-dealkylation sites (N-methyl/N-ethyl adjacent to an activating group) is 1. The van der Waals surface area contributed by atoms with E-state index in [-0.39, 0.29) is 12.4 Å². The molecule has 0 bridgehead atoms. The number of hydrogen-bond acceptors (Lipinski definition) is 4. The Balaban J connectivity index is 0.00000108. The molecule has 0 unspecified atom stereocenters. The van der Waals surface area contributed by atoms with Gasteiger partial charge in [0.05, 0.1) is 7.11 Å². The molecule has 17 heavy (non-hydrogen) atoms. The normalized spacial score (nSPS) is 17.3. The Morgan fingerprint density at radius 3 is 2.82 bits per heavy atom. The first-order chi connectivity index (χ1) is 7.79. The van der Waals surface area contributed by atoms with E-state index in [1.54, 1.807) is 7.11 Å². The van der Waals surface area contributed by atoms with Crippen LogP contribution in [0.15, 0.2) is 6.07 Å². The fourth-order valence-electron chi connectivity index (χ4n) is 2.35. The number of ether oxygens (including phenoxy) is 3. The van der Waals surface area contributed by atoms with Crippen molar-refractivity contribution in [1.29, 1.82) is 0 Å². The van der Waals surface area contributed by atoms with Crippen molar-refractivity contribution in [2.45, 2.75) is 13.0 Å². The van der Waals surface area contributed by atoms with Gasteiger partial charge >= 0.3 is 0 Å². The zero-order chi connectivity index (χ0) is 11.1. The second-order valence-electron chi connectivity index (χ2n) is 4.27. The van der Waals surface area contributed by atoms with Gasteiger partial charge in [-0.25, -0.2) is 0 Å². The molecule has 0 aromatic heterocycles. The number of benzene rings is 1. The van der Waals surface area contributed by atoms with Crippen LogP contribution in [0.3, 0.4) is 0 Å².